The molecule has 0 aliphatic carbocycles. The summed E-state index contributed by atoms with van der Waals surface area (Å²) in [5.74, 6) is 0. The molecule has 80 valence electrons. The van der Waals surface area contributed by atoms with E-state index >= 15 is 0 Å². The summed E-state index contributed by atoms with van der Waals surface area (Å²) in [6, 6.07) is 0. The number of aromatic amines is 1. The molecule has 0 spiro atoms. The van der Waals surface area contributed by atoms with Crippen LogP contribution < -0.4 is 0 Å². The van der Waals surface area contributed by atoms with Crippen molar-refractivity contribution in [3.63, 3.8) is 0 Å². The SMILES string of the molecule is O=[N+]([O-])c1cn[nH]c1C1CCC=CCO1. The summed E-state index contributed by atoms with van der Waals surface area (Å²) in [6.07, 6.45) is 6.49. The molecular formula is C9H11N3O3. The Morgan fingerprint density at radius 3 is 3.27 bits per heavy atom. The van der Waals surface area contributed by atoms with Crippen molar-refractivity contribution in [2.45, 2.75) is 18.9 Å². The van der Waals surface area contributed by atoms with E-state index in [0.717, 1.165) is 12.8 Å². The number of aromatic nitrogens is 2. The van der Waals surface area contributed by atoms with Crippen molar-refractivity contribution in [2.75, 3.05) is 6.61 Å². The third kappa shape index (κ3) is 2.04. The third-order valence-corrected chi connectivity index (χ3v) is 2.32. The fourth-order valence-corrected chi connectivity index (χ4v) is 1.59. The Kier molecular flexibility index (Phi) is 2.77. The summed E-state index contributed by atoms with van der Waals surface area (Å²) in [7, 11) is 0. The lowest BCUT2D eigenvalue weighted by molar-refractivity contribution is -0.386. The van der Waals surface area contributed by atoms with Gasteiger partial charge in [-0.05, 0) is 12.8 Å². The van der Waals surface area contributed by atoms with Crippen LogP contribution in [-0.4, -0.2) is 21.7 Å². The van der Waals surface area contributed by atoms with Gasteiger partial charge in [0, 0.05) is 0 Å². The summed E-state index contributed by atoms with van der Waals surface area (Å²) >= 11 is 0. The Labute approximate surface area is 86.1 Å². The summed E-state index contributed by atoms with van der Waals surface area (Å²) in [5.41, 5.74) is 0.464. The molecule has 6 heteroatoms. The normalized spacial score (nSPS) is 21.2. The molecule has 0 fully saturated rings. The monoisotopic (exact) mass is 209 g/mol. The number of hydrogen-bond acceptors (Lipinski definition) is 4. The van der Waals surface area contributed by atoms with Gasteiger partial charge in [0.1, 0.15) is 18.0 Å². The Bertz CT molecular complexity index is 376. The second-order valence-corrected chi connectivity index (χ2v) is 3.30. The second-order valence-electron chi connectivity index (χ2n) is 3.30. The minimum atomic E-state index is -0.444. The first-order valence-electron chi connectivity index (χ1n) is 4.73. The Morgan fingerprint density at radius 1 is 1.60 bits per heavy atom. The van der Waals surface area contributed by atoms with Crippen LogP contribution in [-0.2, 0) is 4.74 Å². The van der Waals surface area contributed by atoms with E-state index in [1.807, 2.05) is 12.2 Å². The number of nitrogens with one attached hydrogen (secondary N) is 1. The van der Waals surface area contributed by atoms with Crippen molar-refractivity contribution in [2.24, 2.45) is 0 Å². The molecule has 1 atom stereocenters. The molecule has 0 bridgehead atoms. The van der Waals surface area contributed by atoms with Gasteiger partial charge in [0.2, 0.25) is 0 Å². The molecule has 1 aliphatic heterocycles. The van der Waals surface area contributed by atoms with E-state index in [1.165, 1.54) is 6.20 Å². The van der Waals surface area contributed by atoms with Crippen LogP contribution in [0.25, 0.3) is 0 Å². The number of H-pyrrole nitrogens is 1. The maximum Gasteiger partial charge on any atom is 0.312 e. The molecule has 1 N–H and O–H groups in total. The topological polar surface area (TPSA) is 81.0 Å². The molecule has 2 heterocycles. The second kappa shape index (κ2) is 4.22. The van der Waals surface area contributed by atoms with Crippen LogP contribution in [0.5, 0.6) is 0 Å². The van der Waals surface area contributed by atoms with E-state index in [-0.39, 0.29) is 11.8 Å². The van der Waals surface area contributed by atoms with Gasteiger partial charge in [0.05, 0.1) is 11.5 Å². The van der Waals surface area contributed by atoms with Crippen LogP contribution in [0.15, 0.2) is 18.3 Å². The molecule has 1 aromatic heterocycles. The molecule has 2 rings (SSSR count). The van der Waals surface area contributed by atoms with Crippen molar-refractivity contribution in [3.8, 4) is 0 Å². The van der Waals surface area contributed by atoms with Crippen molar-refractivity contribution in [1.29, 1.82) is 0 Å². The molecule has 15 heavy (non-hydrogen) atoms. The number of ether oxygens (including phenoxy) is 1. The van der Waals surface area contributed by atoms with Gasteiger partial charge in [-0.1, -0.05) is 12.2 Å². The molecule has 0 radical (unpaired) electrons. The van der Waals surface area contributed by atoms with E-state index in [4.69, 9.17) is 4.74 Å². The van der Waals surface area contributed by atoms with Gasteiger partial charge < -0.3 is 4.74 Å². The van der Waals surface area contributed by atoms with Gasteiger partial charge in [-0.3, -0.25) is 15.2 Å². The highest BCUT2D eigenvalue weighted by atomic mass is 16.6. The van der Waals surface area contributed by atoms with Crippen molar-refractivity contribution in [1.82, 2.24) is 10.2 Å². The summed E-state index contributed by atoms with van der Waals surface area (Å²) in [6.45, 7) is 0.487. The minimum absolute atomic E-state index is 0.00176. The van der Waals surface area contributed by atoms with Gasteiger partial charge in [0.25, 0.3) is 0 Å². The zero-order valence-corrected chi connectivity index (χ0v) is 8.05. The van der Waals surface area contributed by atoms with Crippen LogP contribution in [0, 0.1) is 10.1 Å². The minimum Gasteiger partial charge on any atom is -0.368 e. The highest BCUT2D eigenvalue weighted by molar-refractivity contribution is 5.33. The molecule has 1 aromatic rings. The largest absolute Gasteiger partial charge is 0.368 e. The van der Waals surface area contributed by atoms with Crippen molar-refractivity contribution in [3.05, 3.63) is 34.2 Å². The van der Waals surface area contributed by atoms with Crippen LogP contribution in [0.1, 0.15) is 24.6 Å². The summed E-state index contributed by atoms with van der Waals surface area (Å²) in [4.78, 5) is 10.2. The first kappa shape index (κ1) is 9.85. The molecular weight excluding hydrogens is 198 g/mol. The van der Waals surface area contributed by atoms with Gasteiger partial charge in [-0.25, -0.2) is 0 Å². The van der Waals surface area contributed by atoms with Crippen LogP contribution in [0.4, 0.5) is 5.69 Å². The smallest absolute Gasteiger partial charge is 0.312 e. The molecule has 0 aromatic carbocycles. The van der Waals surface area contributed by atoms with Gasteiger partial charge >= 0.3 is 5.69 Å². The molecule has 1 aliphatic rings. The predicted molar refractivity (Wildman–Crippen MR) is 52.3 cm³/mol. The first-order valence-corrected chi connectivity index (χ1v) is 4.73. The van der Waals surface area contributed by atoms with Gasteiger partial charge in [0.15, 0.2) is 0 Å². The fourth-order valence-electron chi connectivity index (χ4n) is 1.59. The van der Waals surface area contributed by atoms with E-state index in [0.29, 0.717) is 12.3 Å². The molecule has 0 saturated heterocycles. The Hall–Kier alpha value is -1.69. The average Bonchev–Trinajstić information content (AvgIpc) is 2.55. The number of rotatable bonds is 2. The predicted octanol–water partition coefficient (Wildman–Crippen LogP) is 1.73. The standard InChI is InChI=1S/C9H11N3O3/c13-12(14)7-6-10-11-9(7)8-4-2-1-3-5-15-8/h1,3,6,8H,2,4-5H2,(H,10,11). The van der Waals surface area contributed by atoms with E-state index in [9.17, 15) is 10.1 Å². The lowest BCUT2D eigenvalue weighted by atomic mass is 10.1. The van der Waals surface area contributed by atoms with E-state index < -0.39 is 4.92 Å². The van der Waals surface area contributed by atoms with Crippen LogP contribution in [0.2, 0.25) is 0 Å². The quantitative estimate of drug-likeness (QED) is 0.457. The molecule has 6 nitrogen and oxygen atoms in total. The first-order chi connectivity index (χ1) is 7.29. The Balaban J connectivity index is 2.21. The zero-order chi connectivity index (χ0) is 10.7. The van der Waals surface area contributed by atoms with Gasteiger partial charge in [-0.2, -0.15) is 5.10 Å². The summed E-state index contributed by atoms with van der Waals surface area (Å²) < 4.78 is 5.48. The van der Waals surface area contributed by atoms with E-state index in [1.54, 1.807) is 0 Å². The molecule has 0 amide bonds. The summed E-state index contributed by atoms with van der Waals surface area (Å²) in [5, 5.41) is 17.0. The number of hydrogen-bond donors (Lipinski definition) is 1. The van der Waals surface area contributed by atoms with Gasteiger partial charge in [-0.15, -0.1) is 0 Å². The number of allylic oxidation sites excluding steroid dienone is 1. The highest BCUT2D eigenvalue weighted by Crippen LogP contribution is 2.29. The average molecular weight is 209 g/mol. The number of nitro groups is 1. The third-order valence-electron chi connectivity index (χ3n) is 2.32. The highest BCUT2D eigenvalue weighted by Gasteiger charge is 2.25. The van der Waals surface area contributed by atoms with Crippen molar-refractivity contribution >= 4 is 5.69 Å². The number of nitrogens with zero attached hydrogens (tertiary/aromatic N) is 2. The Morgan fingerprint density at radius 2 is 2.47 bits per heavy atom. The maximum absolute atomic E-state index is 10.7. The lowest BCUT2D eigenvalue weighted by Gasteiger charge is -2.11. The fraction of sp³-hybridized carbons (Fsp3) is 0.444. The molecule has 1 unspecified atom stereocenters. The van der Waals surface area contributed by atoms with Crippen LogP contribution >= 0.6 is 0 Å². The van der Waals surface area contributed by atoms with Crippen molar-refractivity contribution < 1.29 is 9.66 Å². The zero-order valence-electron chi connectivity index (χ0n) is 8.05. The van der Waals surface area contributed by atoms with Crippen LogP contribution in [0.3, 0.4) is 0 Å². The van der Waals surface area contributed by atoms with E-state index in [2.05, 4.69) is 10.2 Å². The lowest BCUT2D eigenvalue weighted by Crippen LogP contribution is -2.06. The maximum atomic E-state index is 10.7. The molecule has 0 saturated carbocycles.